The molecule has 0 aliphatic carbocycles. The van der Waals surface area contributed by atoms with Crippen LogP contribution in [0.15, 0.2) is 46.2 Å². The summed E-state index contributed by atoms with van der Waals surface area (Å²) in [5.41, 5.74) is 2.19. The van der Waals surface area contributed by atoms with Crippen LogP contribution in [0.1, 0.15) is 24.0 Å². The van der Waals surface area contributed by atoms with Crippen molar-refractivity contribution in [3.63, 3.8) is 0 Å². The Balaban J connectivity index is 0.00000192. The molecule has 0 N–H and O–H groups in total. The number of nitrogens with zero attached hydrogens (tertiary/aromatic N) is 3. The molecule has 3 aromatic rings. The first-order valence-electron chi connectivity index (χ1n) is 6.96. The fourth-order valence-electron chi connectivity index (χ4n) is 2.48. The molecule has 0 saturated heterocycles. The Morgan fingerprint density at radius 3 is 2.48 bits per heavy atom. The van der Waals surface area contributed by atoms with Gasteiger partial charge in [-0.1, -0.05) is 30.8 Å². The first-order chi connectivity index (χ1) is 10.4. The molecule has 0 saturated carbocycles. The van der Waals surface area contributed by atoms with E-state index in [1.807, 2.05) is 13.8 Å². The molecule has 5 nitrogen and oxygen atoms in total. The quantitative estimate of drug-likeness (QED) is 0.631. The normalized spacial score (nSPS) is 11.4. The van der Waals surface area contributed by atoms with Crippen LogP contribution < -0.4 is 0 Å². The van der Waals surface area contributed by atoms with E-state index in [2.05, 4.69) is 17.0 Å². The van der Waals surface area contributed by atoms with Crippen molar-refractivity contribution in [2.24, 2.45) is 0 Å². The van der Waals surface area contributed by atoms with Crippen LogP contribution in [0.2, 0.25) is 0 Å². The molecule has 0 atom stereocenters. The van der Waals surface area contributed by atoms with E-state index in [1.165, 1.54) is 0 Å². The van der Waals surface area contributed by atoms with Crippen molar-refractivity contribution in [2.75, 3.05) is 0 Å². The van der Waals surface area contributed by atoms with Gasteiger partial charge in [-0.25, -0.2) is 19.9 Å². The van der Waals surface area contributed by atoms with Gasteiger partial charge in [0.25, 0.3) is 0 Å². The Bertz CT molecular complexity index is 950. The second-order valence-electron chi connectivity index (χ2n) is 5.07. The Hall–Kier alpha value is -1.24. The molecule has 0 unspecified atom stereocenters. The molecule has 7 heteroatoms. The molecule has 2 heterocycles. The summed E-state index contributed by atoms with van der Waals surface area (Å²) in [6.07, 6.45) is 0.511. The number of hydrogen-bond donors (Lipinski definition) is 0. The minimum absolute atomic E-state index is 0. The summed E-state index contributed by atoms with van der Waals surface area (Å²) in [5.74, 6) is 0. The summed E-state index contributed by atoms with van der Waals surface area (Å²) >= 11 is 0. The van der Waals surface area contributed by atoms with E-state index in [0.29, 0.717) is 23.5 Å². The van der Waals surface area contributed by atoms with Crippen LogP contribution in [-0.2, 0) is 49.0 Å². The van der Waals surface area contributed by atoms with Crippen molar-refractivity contribution in [2.45, 2.75) is 30.1 Å². The van der Waals surface area contributed by atoms with Gasteiger partial charge in [0.2, 0.25) is 9.84 Å². The molecule has 0 aliphatic rings. The summed E-state index contributed by atoms with van der Waals surface area (Å²) in [4.78, 5) is 4.73. The van der Waals surface area contributed by atoms with Crippen molar-refractivity contribution in [1.82, 2.24) is 14.6 Å². The van der Waals surface area contributed by atoms with Crippen LogP contribution >= 0.6 is 0 Å². The average molecular weight is 403 g/mol. The van der Waals surface area contributed by atoms with Crippen molar-refractivity contribution in [3.05, 3.63) is 60.4 Å². The van der Waals surface area contributed by atoms with E-state index in [1.54, 1.807) is 40.9 Å². The fraction of sp³-hybridized carbons (Fsp3) is 0.188. The summed E-state index contributed by atoms with van der Waals surface area (Å²) in [6, 6.07) is 10.1. The summed E-state index contributed by atoms with van der Waals surface area (Å²) in [7, 11) is -3.67. The molecular weight excluding hydrogens is 387 g/mol. The van der Waals surface area contributed by atoms with Gasteiger partial charge < -0.3 is 0 Å². The molecule has 117 valence electrons. The minimum Gasteiger partial charge on any atom is -0.267 e. The van der Waals surface area contributed by atoms with Crippen molar-refractivity contribution < 1.29 is 41.1 Å². The van der Waals surface area contributed by atoms with Gasteiger partial charge in [-0.05, 0) is 31.2 Å². The number of benzene rings is 1. The van der Waals surface area contributed by atoms with Gasteiger partial charge >= 0.3 is 0 Å². The van der Waals surface area contributed by atoms with Crippen LogP contribution in [0, 0.1) is 13.8 Å². The molecule has 1 radical (unpaired) electrons. The Kier molecular flexibility index (Phi) is 5.28. The van der Waals surface area contributed by atoms with E-state index in [4.69, 9.17) is 0 Å². The van der Waals surface area contributed by atoms with Gasteiger partial charge in [-0.15, -0.1) is 0 Å². The van der Waals surface area contributed by atoms with Gasteiger partial charge in [-0.3, -0.25) is 4.98 Å². The SMILES string of the molecule is [CH2-]c1cc(C)n2nc(CC)c(S(=O)(=O)c3ccccc3)c2n1.[Y]. The number of aromatic nitrogens is 3. The van der Waals surface area contributed by atoms with E-state index < -0.39 is 9.84 Å². The third-order valence-corrected chi connectivity index (χ3v) is 5.35. The van der Waals surface area contributed by atoms with Crippen molar-refractivity contribution in [3.8, 4) is 0 Å². The number of hydrogen-bond acceptors (Lipinski definition) is 4. The van der Waals surface area contributed by atoms with Gasteiger partial charge in [0.05, 0.1) is 10.6 Å². The van der Waals surface area contributed by atoms with Crippen LogP contribution in [0.4, 0.5) is 0 Å². The molecule has 0 amide bonds. The van der Waals surface area contributed by atoms with Crippen LogP contribution in [0.25, 0.3) is 5.65 Å². The van der Waals surface area contributed by atoms with Gasteiger partial charge in [-0.2, -0.15) is 11.2 Å². The zero-order chi connectivity index (χ0) is 15.9. The van der Waals surface area contributed by atoms with Crippen molar-refractivity contribution in [1.29, 1.82) is 0 Å². The third kappa shape index (κ3) is 3.07. The zero-order valence-corrected chi connectivity index (χ0v) is 16.7. The first-order valence-corrected chi connectivity index (χ1v) is 8.45. The Labute approximate surface area is 160 Å². The molecule has 0 spiro atoms. The maximum Gasteiger partial charge on any atom is 0.212 e. The first kappa shape index (κ1) is 18.1. The van der Waals surface area contributed by atoms with Crippen LogP contribution in [-0.4, -0.2) is 23.0 Å². The van der Waals surface area contributed by atoms with Gasteiger partial charge in [0.1, 0.15) is 4.90 Å². The molecular formula is C16H16N3O2SY-. The smallest absolute Gasteiger partial charge is 0.212 e. The second-order valence-corrected chi connectivity index (χ2v) is 6.96. The third-order valence-electron chi connectivity index (χ3n) is 3.50. The molecule has 3 rings (SSSR count). The predicted octanol–water partition coefficient (Wildman–Crippen LogP) is 2.61. The van der Waals surface area contributed by atoms with E-state index in [9.17, 15) is 8.42 Å². The largest absolute Gasteiger partial charge is 0.267 e. The summed E-state index contributed by atoms with van der Waals surface area (Å²) in [6.45, 7) is 7.55. The van der Waals surface area contributed by atoms with E-state index in [-0.39, 0.29) is 42.5 Å². The van der Waals surface area contributed by atoms with Gasteiger partial charge in [0.15, 0.2) is 5.65 Å². The zero-order valence-electron chi connectivity index (χ0n) is 13.0. The number of aryl methyl sites for hydroxylation is 2. The maximum absolute atomic E-state index is 13.0. The topological polar surface area (TPSA) is 64.3 Å². The summed E-state index contributed by atoms with van der Waals surface area (Å²) < 4.78 is 27.6. The van der Waals surface area contributed by atoms with Crippen LogP contribution in [0.3, 0.4) is 0 Å². The fourth-order valence-corrected chi connectivity index (χ4v) is 4.10. The second kappa shape index (κ2) is 6.71. The molecule has 2 aromatic heterocycles. The van der Waals surface area contributed by atoms with Crippen molar-refractivity contribution >= 4 is 15.5 Å². The minimum atomic E-state index is -3.67. The number of rotatable bonds is 3. The predicted molar refractivity (Wildman–Crippen MR) is 83.5 cm³/mol. The molecule has 0 fully saturated rings. The maximum atomic E-state index is 13.0. The molecule has 0 bridgehead atoms. The van der Waals surface area contributed by atoms with Gasteiger partial charge in [0, 0.05) is 32.7 Å². The average Bonchev–Trinajstić information content (AvgIpc) is 2.87. The summed E-state index contributed by atoms with van der Waals surface area (Å²) in [5, 5.41) is 4.41. The molecule has 1 aromatic carbocycles. The number of sulfone groups is 1. The standard InChI is InChI=1S/C16H16N3O2S.Y/c1-4-14-15(22(20,21)13-8-6-5-7-9-13)16-17-11(2)10-12(3)19(16)18-14;/h5-10H,2,4H2,1,3H3;/q-1;. The number of fused-ring (bicyclic) bond motifs is 1. The molecule has 0 aliphatic heterocycles. The Morgan fingerprint density at radius 2 is 1.87 bits per heavy atom. The van der Waals surface area contributed by atoms with E-state index >= 15 is 0 Å². The monoisotopic (exact) mass is 403 g/mol. The van der Waals surface area contributed by atoms with Crippen LogP contribution in [0.5, 0.6) is 0 Å². The van der Waals surface area contributed by atoms with E-state index in [0.717, 1.165) is 5.69 Å². The molecule has 23 heavy (non-hydrogen) atoms. The Morgan fingerprint density at radius 1 is 1.22 bits per heavy atom.